The lowest BCUT2D eigenvalue weighted by molar-refractivity contribution is -0.119. The Balaban J connectivity index is 1.84. The lowest BCUT2D eigenvalue weighted by Gasteiger charge is -2.25. The number of hydrazone groups is 1. The van der Waals surface area contributed by atoms with E-state index >= 15 is 0 Å². The number of sulfonamides is 1. The molecule has 0 aliphatic heterocycles. The van der Waals surface area contributed by atoms with Gasteiger partial charge in [0.05, 0.1) is 16.3 Å². The van der Waals surface area contributed by atoms with Crippen molar-refractivity contribution in [2.75, 3.05) is 16.2 Å². The van der Waals surface area contributed by atoms with Gasteiger partial charge in [0.15, 0.2) is 0 Å². The van der Waals surface area contributed by atoms with E-state index in [1.165, 1.54) is 19.1 Å². The first-order chi connectivity index (χ1) is 16.2. The Morgan fingerprint density at radius 3 is 2.26 bits per heavy atom. The summed E-state index contributed by atoms with van der Waals surface area (Å²) in [6, 6.07) is 21.9. The summed E-state index contributed by atoms with van der Waals surface area (Å²) < 4.78 is 27.8. The summed E-state index contributed by atoms with van der Waals surface area (Å²) >= 11 is 0. The van der Waals surface area contributed by atoms with Crippen LogP contribution in [0.15, 0.2) is 88.9 Å². The Kier molecular flexibility index (Phi) is 7.80. The Labute approximate surface area is 199 Å². The molecule has 0 atom stereocenters. The van der Waals surface area contributed by atoms with Gasteiger partial charge in [-0.15, -0.1) is 0 Å². The molecule has 3 aromatic rings. The maximum atomic E-state index is 13.4. The highest BCUT2D eigenvalue weighted by Gasteiger charge is 2.28. The smallest absolute Gasteiger partial charge is 0.264 e. The van der Waals surface area contributed by atoms with Crippen molar-refractivity contribution in [2.45, 2.75) is 25.7 Å². The minimum Gasteiger partial charge on any atom is -0.326 e. The highest BCUT2D eigenvalue weighted by Crippen LogP contribution is 2.26. The number of carbonyl (C=O) groups excluding carboxylic acids is 2. The number of carbonyl (C=O) groups is 2. The largest absolute Gasteiger partial charge is 0.326 e. The molecule has 0 saturated heterocycles. The average molecular weight is 479 g/mol. The van der Waals surface area contributed by atoms with Crippen molar-refractivity contribution in [3.8, 4) is 0 Å². The van der Waals surface area contributed by atoms with Crippen LogP contribution < -0.4 is 15.0 Å². The van der Waals surface area contributed by atoms with Gasteiger partial charge in [-0.05, 0) is 55.3 Å². The molecule has 0 aliphatic rings. The summed E-state index contributed by atoms with van der Waals surface area (Å²) in [5, 5.41) is 6.81. The zero-order valence-electron chi connectivity index (χ0n) is 19.1. The van der Waals surface area contributed by atoms with Crippen LogP contribution in [0.2, 0.25) is 0 Å². The predicted octanol–water partition coefficient (Wildman–Crippen LogP) is 3.69. The minimum absolute atomic E-state index is 0.0838. The highest BCUT2D eigenvalue weighted by atomic mass is 32.2. The van der Waals surface area contributed by atoms with Crippen molar-refractivity contribution in [2.24, 2.45) is 5.10 Å². The molecule has 0 fully saturated rings. The third kappa shape index (κ3) is 6.08. The second-order valence-electron chi connectivity index (χ2n) is 7.61. The van der Waals surface area contributed by atoms with E-state index in [-0.39, 0.29) is 10.8 Å². The third-order valence-electron chi connectivity index (χ3n) is 4.95. The first-order valence-electron chi connectivity index (χ1n) is 10.5. The average Bonchev–Trinajstić information content (AvgIpc) is 2.82. The molecule has 0 aromatic heterocycles. The summed E-state index contributed by atoms with van der Waals surface area (Å²) in [5.74, 6) is -0.795. The molecule has 9 heteroatoms. The lowest BCUT2D eigenvalue weighted by atomic mass is 10.1. The van der Waals surface area contributed by atoms with E-state index < -0.39 is 22.5 Å². The number of amides is 2. The van der Waals surface area contributed by atoms with Crippen LogP contribution in [-0.2, 0) is 19.6 Å². The van der Waals surface area contributed by atoms with Crippen LogP contribution in [0.5, 0.6) is 0 Å². The van der Waals surface area contributed by atoms with Crippen LogP contribution >= 0.6 is 0 Å². The fourth-order valence-electron chi connectivity index (χ4n) is 3.26. The topological polar surface area (TPSA) is 108 Å². The SMILES string of the molecule is CC(=O)Nc1cccc(C(C)=NNC(=O)CN(c2ccccc2C)S(=O)(=O)c2ccccc2)c1. The predicted molar refractivity (Wildman–Crippen MR) is 133 cm³/mol. The van der Waals surface area contributed by atoms with E-state index in [9.17, 15) is 18.0 Å². The summed E-state index contributed by atoms with van der Waals surface area (Å²) in [4.78, 5) is 24.2. The first-order valence-corrected chi connectivity index (χ1v) is 12.0. The molecule has 2 amide bonds. The van der Waals surface area contributed by atoms with Gasteiger partial charge in [0.1, 0.15) is 6.54 Å². The van der Waals surface area contributed by atoms with Gasteiger partial charge in [-0.25, -0.2) is 13.8 Å². The van der Waals surface area contributed by atoms with Gasteiger partial charge in [-0.2, -0.15) is 5.10 Å². The number of nitrogens with one attached hydrogen (secondary N) is 2. The van der Waals surface area contributed by atoms with E-state index in [2.05, 4.69) is 15.8 Å². The van der Waals surface area contributed by atoms with E-state index in [0.29, 0.717) is 28.2 Å². The molecule has 2 N–H and O–H groups in total. The number of nitrogens with zero attached hydrogens (tertiary/aromatic N) is 2. The molecule has 176 valence electrons. The van der Waals surface area contributed by atoms with Gasteiger partial charge in [0.25, 0.3) is 15.9 Å². The number of benzene rings is 3. The highest BCUT2D eigenvalue weighted by molar-refractivity contribution is 7.92. The molecule has 0 saturated carbocycles. The summed E-state index contributed by atoms with van der Waals surface area (Å²) in [5.41, 5.74) is 5.35. The molecule has 0 bridgehead atoms. The summed E-state index contributed by atoms with van der Waals surface area (Å²) in [6.45, 7) is 4.44. The number of rotatable bonds is 8. The Bertz CT molecular complexity index is 1320. The third-order valence-corrected chi connectivity index (χ3v) is 6.73. The molecule has 34 heavy (non-hydrogen) atoms. The van der Waals surface area contributed by atoms with Crippen molar-refractivity contribution >= 4 is 38.9 Å². The second-order valence-corrected chi connectivity index (χ2v) is 9.47. The van der Waals surface area contributed by atoms with E-state index in [0.717, 1.165) is 4.31 Å². The molecule has 0 spiro atoms. The van der Waals surface area contributed by atoms with Gasteiger partial charge in [0.2, 0.25) is 5.91 Å². The minimum atomic E-state index is -4.00. The molecule has 0 unspecified atom stereocenters. The molecular weight excluding hydrogens is 452 g/mol. The first kappa shape index (κ1) is 24.7. The monoisotopic (exact) mass is 478 g/mol. The van der Waals surface area contributed by atoms with Crippen LogP contribution in [0.25, 0.3) is 0 Å². The van der Waals surface area contributed by atoms with Crippen molar-refractivity contribution < 1.29 is 18.0 Å². The summed E-state index contributed by atoms with van der Waals surface area (Å²) in [7, 11) is -4.00. The van der Waals surface area contributed by atoms with Crippen molar-refractivity contribution in [1.29, 1.82) is 0 Å². The fourth-order valence-corrected chi connectivity index (χ4v) is 4.77. The molecule has 3 rings (SSSR count). The van der Waals surface area contributed by atoms with Crippen LogP contribution in [0.1, 0.15) is 25.0 Å². The number of para-hydroxylation sites is 1. The van der Waals surface area contributed by atoms with Crippen molar-refractivity contribution in [3.05, 3.63) is 90.0 Å². The van der Waals surface area contributed by atoms with E-state index in [1.807, 2.05) is 0 Å². The maximum absolute atomic E-state index is 13.4. The molecule has 0 radical (unpaired) electrons. The molecule has 0 heterocycles. The normalized spacial score (nSPS) is 11.6. The van der Waals surface area contributed by atoms with Crippen LogP contribution in [0, 0.1) is 6.92 Å². The number of hydrogen-bond acceptors (Lipinski definition) is 5. The lowest BCUT2D eigenvalue weighted by Crippen LogP contribution is -2.40. The summed E-state index contributed by atoms with van der Waals surface area (Å²) in [6.07, 6.45) is 0. The van der Waals surface area contributed by atoms with Crippen LogP contribution in [0.4, 0.5) is 11.4 Å². The maximum Gasteiger partial charge on any atom is 0.264 e. The molecule has 0 aliphatic carbocycles. The van der Waals surface area contributed by atoms with Gasteiger partial charge in [0, 0.05) is 12.6 Å². The van der Waals surface area contributed by atoms with Crippen LogP contribution in [0.3, 0.4) is 0 Å². The van der Waals surface area contributed by atoms with E-state index in [4.69, 9.17) is 0 Å². The molecular formula is C25H26N4O4S. The van der Waals surface area contributed by atoms with Gasteiger partial charge < -0.3 is 5.32 Å². The van der Waals surface area contributed by atoms with Gasteiger partial charge >= 0.3 is 0 Å². The zero-order valence-corrected chi connectivity index (χ0v) is 20.0. The Morgan fingerprint density at radius 2 is 1.59 bits per heavy atom. The zero-order chi connectivity index (χ0) is 24.7. The number of hydrogen-bond donors (Lipinski definition) is 2. The van der Waals surface area contributed by atoms with Crippen LogP contribution in [-0.4, -0.2) is 32.5 Å². The quantitative estimate of drug-likeness (QED) is 0.380. The van der Waals surface area contributed by atoms with Crippen molar-refractivity contribution in [3.63, 3.8) is 0 Å². The molecule has 8 nitrogen and oxygen atoms in total. The number of aryl methyl sites for hydroxylation is 1. The standard InChI is InChI=1S/C25H26N4O4S/c1-18-10-7-8-15-24(18)29(34(32,33)23-13-5-4-6-14-23)17-25(31)28-27-19(2)21-11-9-12-22(16-21)26-20(3)30/h4-16H,17H2,1-3H3,(H,26,30)(H,28,31). The van der Waals surface area contributed by atoms with Crippen molar-refractivity contribution in [1.82, 2.24) is 5.43 Å². The Hall–Kier alpha value is -3.98. The number of anilines is 2. The van der Waals surface area contributed by atoms with E-state index in [1.54, 1.807) is 80.6 Å². The second kappa shape index (κ2) is 10.8. The Morgan fingerprint density at radius 1 is 0.912 bits per heavy atom. The fraction of sp³-hybridized carbons (Fsp3) is 0.160. The van der Waals surface area contributed by atoms with Gasteiger partial charge in [-0.1, -0.05) is 48.5 Å². The van der Waals surface area contributed by atoms with Gasteiger partial charge in [-0.3, -0.25) is 13.9 Å². The molecule has 3 aromatic carbocycles.